The van der Waals surface area contributed by atoms with E-state index in [2.05, 4.69) is 19.9 Å². The number of hydrogen-bond donors (Lipinski definition) is 1. The van der Waals surface area contributed by atoms with Gasteiger partial charge in [0, 0.05) is 31.9 Å². The fourth-order valence-electron chi connectivity index (χ4n) is 3.38. The van der Waals surface area contributed by atoms with Gasteiger partial charge in [0.05, 0.1) is 5.39 Å². The normalized spacial score (nSPS) is 21.1. The van der Waals surface area contributed by atoms with E-state index < -0.39 is 0 Å². The molecule has 1 N–H and O–H groups in total. The number of nitrogens with one attached hydrogen (secondary N) is 1. The molecule has 2 aromatic rings. The molecule has 1 aliphatic carbocycles. The average Bonchev–Trinajstić information content (AvgIpc) is 3.07. The molecule has 2 aliphatic rings. The van der Waals surface area contributed by atoms with Crippen molar-refractivity contribution < 1.29 is 4.79 Å². The molecular weight excluding hydrogens is 314 g/mol. The third-order valence-electron chi connectivity index (χ3n) is 4.83. The molecular formula is C16H20ClN5O. The maximum atomic E-state index is 11.9. The Morgan fingerprint density at radius 1 is 1.39 bits per heavy atom. The summed E-state index contributed by atoms with van der Waals surface area (Å²) in [5.41, 5.74) is 0.863. The van der Waals surface area contributed by atoms with Gasteiger partial charge in [-0.2, -0.15) is 0 Å². The molecule has 7 heteroatoms. The van der Waals surface area contributed by atoms with Crippen LogP contribution in [0.3, 0.4) is 0 Å². The molecule has 1 aliphatic heterocycles. The van der Waals surface area contributed by atoms with Crippen LogP contribution < -0.4 is 4.90 Å². The third kappa shape index (κ3) is 2.87. The summed E-state index contributed by atoms with van der Waals surface area (Å²) in [6.07, 6.45) is 7.05. The first-order chi connectivity index (χ1) is 11.3. The van der Waals surface area contributed by atoms with Gasteiger partial charge in [0.2, 0.25) is 5.91 Å². The topological polar surface area (TPSA) is 65.1 Å². The van der Waals surface area contributed by atoms with Crippen LogP contribution in [-0.2, 0) is 4.79 Å². The van der Waals surface area contributed by atoms with Gasteiger partial charge < -0.3 is 14.8 Å². The van der Waals surface area contributed by atoms with Gasteiger partial charge in [-0.25, -0.2) is 9.97 Å². The molecule has 1 saturated heterocycles. The molecule has 0 aromatic carbocycles. The van der Waals surface area contributed by atoms with Crippen molar-refractivity contribution in [3.05, 3.63) is 18.6 Å². The lowest BCUT2D eigenvalue weighted by atomic mass is 10.2. The minimum atomic E-state index is 0.0232. The number of anilines is 1. The Balaban J connectivity index is 1.63. The van der Waals surface area contributed by atoms with E-state index in [0.717, 1.165) is 48.8 Å². The summed E-state index contributed by atoms with van der Waals surface area (Å²) in [6, 6.07) is 2.33. The van der Waals surface area contributed by atoms with Crippen molar-refractivity contribution in [2.24, 2.45) is 5.92 Å². The van der Waals surface area contributed by atoms with E-state index in [4.69, 9.17) is 11.6 Å². The van der Waals surface area contributed by atoms with Crippen LogP contribution in [0.2, 0.25) is 0 Å². The minimum Gasteiger partial charge on any atom is -0.351 e. The zero-order chi connectivity index (χ0) is 15.8. The largest absolute Gasteiger partial charge is 0.351 e. The summed E-state index contributed by atoms with van der Waals surface area (Å²) in [4.78, 5) is 28.1. The molecule has 23 heavy (non-hydrogen) atoms. The van der Waals surface area contributed by atoms with Crippen LogP contribution in [0.5, 0.6) is 0 Å². The van der Waals surface area contributed by atoms with E-state index in [-0.39, 0.29) is 11.8 Å². The van der Waals surface area contributed by atoms with Crippen molar-refractivity contribution in [1.29, 1.82) is 0 Å². The minimum absolute atomic E-state index is 0.0232. The number of likely N-dealkylation sites (tertiary alicyclic amines) is 1. The van der Waals surface area contributed by atoms with Crippen molar-refractivity contribution in [3.8, 4) is 0 Å². The van der Waals surface area contributed by atoms with E-state index in [1.165, 1.54) is 12.8 Å². The fraction of sp³-hybridized carbons (Fsp3) is 0.562. The van der Waals surface area contributed by atoms with E-state index in [1.54, 1.807) is 6.33 Å². The van der Waals surface area contributed by atoms with Gasteiger partial charge in [-0.15, -0.1) is 11.6 Å². The van der Waals surface area contributed by atoms with Crippen LogP contribution in [0.4, 0.5) is 5.82 Å². The fourth-order valence-corrected chi connectivity index (χ4v) is 3.55. The lowest BCUT2D eigenvalue weighted by Gasteiger charge is -2.30. The monoisotopic (exact) mass is 333 g/mol. The second-order valence-electron chi connectivity index (χ2n) is 6.45. The van der Waals surface area contributed by atoms with E-state index in [0.29, 0.717) is 6.04 Å². The molecule has 3 heterocycles. The zero-order valence-corrected chi connectivity index (χ0v) is 13.7. The summed E-state index contributed by atoms with van der Waals surface area (Å²) in [7, 11) is 0. The van der Waals surface area contributed by atoms with Gasteiger partial charge in [0.1, 0.15) is 23.7 Å². The molecule has 0 bridgehead atoms. The summed E-state index contributed by atoms with van der Waals surface area (Å²) in [5.74, 6) is 1.81. The molecule has 0 spiro atoms. The Kier molecular flexibility index (Phi) is 3.85. The number of rotatable bonds is 5. The van der Waals surface area contributed by atoms with Gasteiger partial charge in [-0.05, 0) is 31.2 Å². The van der Waals surface area contributed by atoms with Gasteiger partial charge in [0.25, 0.3) is 0 Å². The molecule has 2 aromatic heterocycles. The number of hydrogen-bond acceptors (Lipinski definition) is 4. The molecule has 1 saturated carbocycles. The highest BCUT2D eigenvalue weighted by Crippen LogP contribution is 2.35. The number of aromatic nitrogens is 3. The standard InChI is InChI=1S/C16H20ClN5O/c17-7-14(23)21-6-4-12(9-21)22(8-11-1-2-11)16-13-3-5-18-15(13)19-10-20-16/h3,5,10-12H,1-2,4,6-9H2,(H,18,19,20)/t12-/m1/s1. The highest BCUT2D eigenvalue weighted by atomic mass is 35.5. The average molecular weight is 334 g/mol. The Hall–Kier alpha value is -1.82. The lowest BCUT2D eigenvalue weighted by molar-refractivity contribution is -0.127. The van der Waals surface area contributed by atoms with Crippen LogP contribution in [0.1, 0.15) is 19.3 Å². The van der Waals surface area contributed by atoms with Gasteiger partial charge in [-0.1, -0.05) is 0 Å². The van der Waals surface area contributed by atoms with Crippen molar-refractivity contribution in [1.82, 2.24) is 19.9 Å². The highest BCUT2D eigenvalue weighted by molar-refractivity contribution is 6.27. The first-order valence-corrected chi connectivity index (χ1v) is 8.68. The molecule has 1 atom stereocenters. The SMILES string of the molecule is O=C(CCl)N1CC[C@@H](N(CC2CC2)c2ncnc3[nH]ccc23)C1. The molecule has 1 amide bonds. The molecule has 0 radical (unpaired) electrons. The van der Waals surface area contributed by atoms with Crippen LogP contribution in [0.15, 0.2) is 18.6 Å². The Morgan fingerprint density at radius 3 is 3.04 bits per heavy atom. The van der Waals surface area contributed by atoms with Crippen molar-refractivity contribution >= 4 is 34.4 Å². The Morgan fingerprint density at radius 2 is 2.26 bits per heavy atom. The van der Waals surface area contributed by atoms with Crippen LogP contribution in [0.25, 0.3) is 11.0 Å². The van der Waals surface area contributed by atoms with Crippen molar-refractivity contribution in [2.75, 3.05) is 30.4 Å². The predicted molar refractivity (Wildman–Crippen MR) is 89.7 cm³/mol. The third-order valence-corrected chi connectivity index (χ3v) is 5.06. The molecule has 4 rings (SSSR count). The quantitative estimate of drug-likeness (QED) is 0.850. The van der Waals surface area contributed by atoms with Gasteiger partial charge in [-0.3, -0.25) is 4.79 Å². The van der Waals surface area contributed by atoms with Crippen molar-refractivity contribution in [2.45, 2.75) is 25.3 Å². The number of amides is 1. The van der Waals surface area contributed by atoms with Gasteiger partial charge in [0.15, 0.2) is 0 Å². The molecule has 2 fully saturated rings. The number of fused-ring (bicyclic) bond motifs is 1. The number of alkyl halides is 1. The lowest BCUT2D eigenvalue weighted by Crippen LogP contribution is -2.41. The predicted octanol–water partition coefficient (Wildman–Crippen LogP) is 2.01. The summed E-state index contributed by atoms with van der Waals surface area (Å²) < 4.78 is 0. The Bertz CT molecular complexity index is 713. The number of aromatic amines is 1. The number of halogens is 1. The molecule has 6 nitrogen and oxygen atoms in total. The molecule has 122 valence electrons. The first kappa shape index (κ1) is 14.8. The summed E-state index contributed by atoms with van der Waals surface area (Å²) >= 11 is 5.70. The van der Waals surface area contributed by atoms with Gasteiger partial charge >= 0.3 is 0 Å². The summed E-state index contributed by atoms with van der Waals surface area (Å²) in [5, 5.41) is 1.05. The maximum Gasteiger partial charge on any atom is 0.237 e. The van der Waals surface area contributed by atoms with E-state index in [1.807, 2.05) is 17.2 Å². The highest BCUT2D eigenvalue weighted by Gasteiger charge is 2.35. The number of carbonyl (C=O) groups excluding carboxylic acids is 1. The maximum absolute atomic E-state index is 11.9. The van der Waals surface area contributed by atoms with Crippen LogP contribution in [0, 0.1) is 5.92 Å². The molecule has 0 unspecified atom stereocenters. The Labute approximate surface area is 139 Å². The second-order valence-corrected chi connectivity index (χ2v) is 6.72. The smallest absolute Gasteiger partial charge is 0.237 e. The number of H-pyrrole nitrogens is 1. The number of carbonyl (C=O) groups is 1. The number of nitrogens with zero attached hydrogens (tertiary/aromatic N) is 4. The van der Waals surface area contributed by atoms with Crippen molar-refractivity contribution in [3.63, 3.8) is 0 Å². The summed E-state index contributed by atoms with van der Waals surface area (Å²) in [6.45, 7) is 2.51. The second kappa shape index (κ2) is 6.00. The van der Waals surface area contributed by atoms with E-state index in [9.17, 15) is 4.79 Å². The van der Waals surface area contributed by atoms with Crippen LogP contribution >= 0.6 is 11.6 Å². The van der Waals surface area contributed by atoms with Crippen LogP contribution in [-0.4, -0.2) is 57.3 Å². The van der Waals surface area contributed by atoms with E-state index >= 15 is 0 Å². The zero-order valence-electron chi connectivity index (χ0n) is 12.9. The first-order valence-electron chi connectivity index (χ1n) is 8.14.